The molecule has 186 valence electrons. The molecule has 0 bridgehead atoms. The number of hydrogen-bond donors (Lipinski definition) is 1. The van der Waals surface area contributed by atoms with E-state index in [1.54, 1.807) is 26.8 Å². The highest BCUT2D eigenvalue weighted by molar-refractivity contribution is 6.33. The first-order chi connectivity index (χ1) is 16.6. The lowest BCUT2D eigenvalue weighted by Crippen LogP contribution is -2.46. The van der Waals surface area contributed by atoms with E-state index < -0.39 is 29.3 Å². The zero-order chi connectivity index (χ0) is 25.6. The Hall–Kier alpha value is -3.32. The lowest BCUT2D eigenvalue weighted by atomic mass is 10.0. The quantitative estimate of drug-likeness (QED) is 0.238. The van der Waals surface area contributed by atoms with E-state index in [0.717, 1.165) is 24.0 Å². The molecule has 0 saturated heterocycles. The Kier molecular flexibility index (Phi) is 8.57. The van der Waals surface area contributed by atoms with Crippen molar-refractivity contribution in [1.29, 1.82) is 0 Å². The van der Waals surface area contributed by atoms with Crippen LogP contribution in [0.5, 0.6) is 5.75 Å². The van der Waals surface area contributed by atoms with Gasteiger partial charge < -0.3 is 19.2 Å². The molecule has 0 aliphatic rings. The summed E-state index contributed by atoms with van der Waals surface area (Å²) in [4.78, 5) is 37.6. The van der Waals surface area contributed by atoms with Gasteiger partial charge in [0.05, 0.1) is 5.02 Å². The molecule has 1 heterocycles. The van der Waals surface area contributed by atoms with Gasteiger partial charge in [0.2, 0.25) is 0 Å². The van der Waals surface area contributed by atoms with Crippen molar-refractivity contribution in [2.24, 2.45) is 0 Å². The molecule has 0 radical (unpaired) electrons. The predicted molar refractivity (Wildman–Crippen MR) is 135 cm³/mol. The Bertz CT molecular complexity index is 1250. The number of amides is 1. The molecule has 1 aromatic heterocycles. The summed E-state index contributed by atoms with van der Waals surface area (Å²) >= 11 is 6.44. The number of rotatable bonds is 8. The molecule has 3 aromatic rings. The second-order valence-corrected chi connectivity index (χ2v) is 9.69. The van der Waals surface area contributed by atoms with E-state index in [1.165, 1.54) is 12.1 Å². The molecule has 35 heavy (non-hydrogen) atoms. The van der Waals surface area contributed by atoms with Crippen LogP contribution in [0.25, 0.3) is 11.0 Å². The Balaban J connectivity index is 1.88. The highest BCUT2D eigenvalue weighted by Crippen LogP contribution is 2.32. The fraction of sp³-hybridized carbons (Fsp3) is 0.370. The maximum atomic E-state index is 13.1. The van der Waals surface area contributed by atoms with Crippen LogP contribution in [0.4, 0.5) is 4.79 Å². The number of carbonyl (C=O) groups excluding carboxylic acids is 2. The van der Waals surface area contributed by atoms with Gasteiger partial charge in [0.25, 0.3) is 0 Å². The number of ether oxygens (including phenoxy) is 2. The smallest absolute Gasteiger partial charge is 0.408 e. The predicted octanol–water partition coefficient (Wildman–Crippen LogP) is 5.83. The molecule has 0 aliphatic heterocycles. The van der Waals surface area contributed by atoms with Crippen LogP contribution in [0.3, 0.4) is 0 Å². The molecule has 1 atom stereocenters. The van der Waals surface area contributed by atoms with Crippen LogP contribution in [-0.4, -0.2) is 23.7 Å². The summed E-state index contributed by atoms with van der Waals surface area (Å²) in [7, 11) is 0. The molecule has 2 aromatic carbocycles. The molecule has 0 aliphatic carbocycles. The fourth-order valence-corrected chi connectivity index (χ4v) is 3.75. The third kappa shape index (κ3) is 7.59. The van der Waals surface area contributed by atoms with Crippen LogP contribution in [0.2, 0.25) is 5.02 Å². The Morgan fingerprint density at radius 3 is 2.49 bits per heavy atom. The number of hydrogen-bond acceptors (Lipinski definition) is 6. The number of unbranched alkanes of at least 4 members (excludes halogenated alkanes) is 1. The first-order valence-corrected chi connectivity index (χ1v) is 11.9. The molecule has 7 nitrogen and oxygen atoms in total. The van der Waals surface area contributed by atoms with Crippen molar-refractivity contribution in [3.05, 3.63) is 75.1 Å². The molecule has 0 fully saturated rings. The Morgan fingerprint density at radius 1 is 1.11 bits per heavy atom. The number of halogens is 1. The number of aryl methyl sites for hydroxylation is 1. The van der Waals surface area contributed by atoms with Gasteiger partial charge in [-0.1, -0.05) is 55.3 Å². The molecule has 3 rings (SSSR count). The first-order valence-electron chi connectivity index (χ1n) is 11.6. The van der Waals surface area contributed by atoms with Crippen LogP contribution in [-0.2, 0) is 22.4 Å². The number of alkyl carbamates (subject to hydrolysis) is 1. The first kappa shape index (κ1) is 26.3. The van der Waals surface area contributed by atoms with Gasteiger partial charge in [-0.3, -0.25) is 0 Å². The highest BCUT2D eigenvalue weighted by Gasteiger charge is 2.27. The zero-order valence-electron chi connectivity index (χ0n) is 20.4. The van der Waals surface area contributed by atoms with Gasteiger partial charge in [-0.05, 0) is 50.8 Å². The van der Waals surface area contributed by atoms with Gasteiger partial charge >= 0.3 is 17.7 Å². The minimum absolute atomic E-state index is 0.0315. The van der Waals surface area contributed by atoms with Crippen LogP contribution in [0.1, 0.15) is 51.7 Å². The van der Waals surface area contributed by atoms with Crippen molar-refractivity contribution < 1.29 is 23.5 Å². The topological polar surface area (TPSA) is 94.8 Å². The monoisotopic (exact) mass is 499 g/mol. The molecule has 0 spiro atoms. The highest BCUT2D eigenvalue weighted by atomic mass is 35.5. The lowest BCUT2D eigenvalue weighted by molar-refractivity contribution is -0.136. The van der Waals surface area contributed by atoms with Crippen molar-refractivity contribution in [3.63, 3.8) is 0 Å². The fourth-order valence-electron chi connectivity index (χ4n) is 3.55. The van der Waals surface area contributed by atoms with Crippen molar-refractivity contribution >= 4 is 34.6 Å². The number of fused-ring (bicyclic) bond motifs is 1. The van der Waals surface area contributed by atoms with E-state index in [4.69, 9.17) is 25.5 Å². The number of nitrogens with one attached hydrogen (secondary N) is 1. The second kappa shape index (κ2) is 11.4. The van der Waals surface area contributed by atoms with Crippen LogP contribution < -0.4 is 15.7 Å². The van der Waals surface area contributed by atoms with E-state index in [1.807, 2.05) is 30.3 Å². The molecular weight excluding hydrogens is 470 g/mol. The minimum atomic E-state index is -1.04. The standard InChI is InChI=1S/C27H30ClNO6/c1-5-6-12-18-14-24(30)33-22-16-23(20(28)15-19(18)22)34-25(31)21(13-17-10-8-7-9-11-17)29-26(32)35-27(2,3)4/h7-11,14-16,21H,5-6,12-13H2,1-4H3,(H,29,32). The van der Waals surface area contributed by atoms with Crippen LogP contribution in [0, 0.1) is 0 Å². The maximum Gasteiger partial charge on any atom is 0.408 e. The maximum absolute atomic E-state index is 13.1. The summed E-state index contributed by atoms with van der Waals surface area (Å²) < 4.78 is 16.2. The van der Waals surface area contributed by atoms with Crippen molar-refractivity contribution in [3.8, 4) is 5.75 Å². The zero-order valence-corrected chi connectivity index (χ0v) is 21.1. The summed E-state index contributed by atoms with van der Waals surface area (Å²) in [6, 6.07) is 12.7. The summed E-state index contributed by atoms with van der Waals surface area (Å²) in [6.45, 7) is 7.26. The van der Waals surface area contributed by atoms with Crippen molar-refractivity contribution in [2.45, 2.75) is 65.0 Å². The molecule has 1 unspecified atom stereocenters. The molecule has 0 saturated carbocycles. The minimum Gasteiger partial charge on any atom is -0.444 e. The summed E-state index contributed by atoms with van der Waals surface area (Å²) in [5, 5.41) is 3.47. The van der Waals surface area contributed by atoms with Crippen LogP contribution in [0.15, 0.2) is 57.7 Å². The normalized spacial score (nSPS) is 12.3. The van der Waals surface area contributed by atoms with Crippen molar-refractivity contribution in [1.82, 2.24) is 5.32 Å². The van der Waals surface area contributed by atoms with Crippen LogP contribution >= 0.6 is 11.6 Å². The van der Waals surface area contributed by atoms with E-state index in [0.29, 0.717) is 11.8 Å². The summed E-state index contributed by atoms with van der Waals surface area (Å²) in [5.74, 6) is -0.700. The van der Waals surface area contributed by atoms with Gasteiger partial charge in [0.15, 0.2) is 5.75 Å². The van der Waals surface area contributed by atoms with E-state index in [2.05, 4.69) is 12.2 Å². The van der Waals surface area contributed by atoms with Gasteiger partial charge in [-0.2, -0.15) is 0 Å². The van der Waals surface area contributed by atoms with E-state index in [9.17, 15) is 14.4 Å². The third-order valence-electron chi connectivity index (χ3n) is 5.15. The summed E-state index contributed by atoms with van der Waals surface area (Å²) in [5.41, 5.74) is 0.695. The van der Waals surface area contributed by atoms with Crippen molar-refractivity contribution in [2.75, 3.05) is 0 Å². The number of esters is 1. The SMILES string of the molecule is CCCCc1cc(=O)oc2cc(OC(=O)C(Cc3ccccc3)NC(=O)OC(C)(C)C)c(Cl)cc12. The van der Waals surface area contributed by atoms with Gasteiger partial charge in [0, 0.05) is 23.9 Å². The Morgan fingerprint density at radius 2 is 1.83 bits per heavy atom. The molecule has 1 N–H and O–H groups in total. The summed E-state index contributed by atoms with van der Waals surface area (Å²) in [6.07, 6.45) is 2.02. The van der Waals surface area contributed by atoms with E-state index >= 15 is 0 Å². The molecular formula is C27H30ClNO6. The number of benzene rings is 2. The lowest BCUT2D eigenvalue weighted by Gasteiger charge is -2.23. The van der Waals surface area contributed by atoms with E-state index in [-0.39, 0.29) is 22.8 Å². The van der Waals surface area contributed by atoms with Gasteiger partial charge in [0.1, 0.15) is 17.2 Å². The number of carbonyl (C=O) groups is 2. The average molecular weight is 500 g/mol. The van der Waals surface area contributed by atoms with Gasteiger partial charge in [-0.15, -0.1) is 0 Å². The average Bonchev–Trinajstić information content (AvgIpc) is 2.77. The van der Waals surface area contributed by atoms with Gasteiger partial charge in [-0.25, -0.2) is 14.4 Å². The third-order valence-corrected chi connectivity index (χ3v) is 5.45. The Labute approximate surface area is 209 Å². The molecule has 8 heteroatoms. The largest absolute Gasteiger partial charge is 0.444 e. The molecule has 1 amide bonds. The second-order valence-electron chi connectivity index (χ2n) is 9.28.